The Kier molecular flexibility index (Phi) is 6.52. The molecule has 1 aliphatic heterocycles. The molecule has 0 bridgehead atoms. The summed E-state index contributed by atoms with van der Waals surface area (Å²) in [5, 5.41) is 0. The van der Waals surface area contributed by atoms with E-state index in [1.807, 2.05) is 51.2 Å². The number of thioether (sulfide) groups is 1. The van der Waals surface area contributed by atoms with Gasteiger partial charge in [-0.05, 0) is 39.0 Å². The maximum atomic E-state index is 13.4. The van der Waals surface area contributed by atoms with Gasteiger partial charge in [0.15, 0.2) is 6.61 Å². The predicted octanol–water partition coefficient (Wildman–Crippen LogP) is 2.15. The molecule has 0 spiro atoms. The van der Waals surface area contributed by atoms with Gasteiger partial charge < -0.3 is 14.2 Å². The number of amides is 1. The summed E-state index contributed by atoms with van der Waals surface area (Å²) in [6, 6.07) is 11.0. The lowest BCUT2D eigenvalue weighted by molar-refractivity contribution is -0.146. The van der Waals surface area contributed by atoms with Crippen LogP contribution < -0.4 is 5.56 Å². The van der Waals surface area contributed by atoms with Crippen LogP contribution in [0.15, 0.2) is 41.2 Å². The number of nitrogens with zero attached hydrogens (tertiary/aromatic N) is 4. The number of hydrogen-bond donors (Lipinski definition) is 0. The highest BCUT2D eigenvalue weighted by molar-refractivity contribution is 8.00. The average molecular weight is 483 g/mol. The van der Waals surface area contributed by atoms with Crippen molar-refractivity contribution in [3.8, 4) is 11.4 Å². The Morgan fingerprint density at radius 1 is 1.06 bits per heavy atom. The van der Waals surface area contributed by atoms with E-state index in [2.05, 4.69) is 0 Å². The van der Waals surface area contributed by atoms with Crippen molar-refractivity contribution in [1.82, 2.24) is 18.8 Å². The summed E-state index contributed by atoms with van der Waals surface area (Å²) in [6.45, 7) is 4.85. The number of ketones is 1. The van der Waals surface area contributed by atoms with E-state index in [1.54, 1.807) is 26.9 Å². The van der Waals surface area contributed by atoms with Gasteiger partial charge in [-0.25, -0.2) is 4.68 Å². The van der Waals surface area contributed by atoms with Gasteiger partial charge in [-0.1, -0.05) is 18.2 Å². The highest BCUT2D eigenvalue weighted by Gasteiger charge is 2.26. The first kappa shape index (κ1) is 23.6. The van der Waals surface area contributed by atoms with Crippen LogP contribution in [0.2, 0.25) is 0 Å². The molecule has 3 aromatic rings. The topological polar surface area (TPSA) is 95.5 Å². The minimum Gasteiger partial charge on any atom is -0.456 e. The highest BCUT2D eigenvalue weighted by atomic mass is 32.2. The van der Waals surface area contributed by atoms with Gasteiger partial charge in [0.25, 0.3) is 5.56 Å². The lowest BCUT2D eigenvalue weighted by atomic mass is 10.1. The third-order valence-corrected chi connectivity index (χ3v) is 6.93. The van der Waals surface area contributed by atoms with Gasteiger partial charge in [0.2, 0.25) is 11.7 Å². The number of para-hydroxylation sites is 1. The summed E-state index contributed by atoms with van der Waals surface area (Å²) >= 11 is 1.43. The molecule has 0 atom stereocenters. The second kappa shape index (κ2) is 9.38. The fourth-order valence-corrected chi connectivity index (χ4v) is 5.07. The Morgan fingerprint density at radius 2 is 1.76 bits per heavy atom. The molecule has 34 heavy (non-hydrogen) atoms. The zero-order valence-electron chi connectivity index (χ0n) is 19.5. The van der Waals surface area contributed by atoms with E-state index in [4.69, 9.17) is 4.74 Å². The van der Waals surface area contributed by atoms with Gasteiger partial charge in [0, 0.05) is 24.0 Å². The lowest BCUT2D eigenvalue weighted by Crippen LogP contribution is -2.33. The van der Waals surface area contributed by atoms with Crippen molar-refractivity contribution < 1.29 is 19.1 Å². The molecule has 0 saturated carbocycles. The van der Waals surface area contributed by atoms with Crippen LogP contribution >= 0.6 is 11.8 Å². The fraction of sp³-hybridized carbons (Fsp3) is 0.333. The number of carbonyl (C=O) groups is 3. The maximum Gasteiger partial charge on any atom is 0.326 e. The summed E-state index contributed by atoms with van der Waals surface area (Å²) in [5.74, 6) is -0.311. The fourth-order valence-electron chi connectivity index (χ4n) is 4.17. The van der Waals surface area contributed by atoms with Crippen LogP contribution in [0, 0.1) is 20.8 Å². The minimum absolute atomic E-state index is 0.115. The molecular weight excluding hydrogens is 456 g/mol. The van der Waals surface area contributed by atoms with Crippen LogP contribution in [0.25, 0.3) is 11.4 Å². The van der Waals surface area contributed by atoms with Gasteiger partial charge in [-0.15, -0.1) is 11.8 Å². The molecule has 10 heteroatoms. The molecule has 1 aromatic carbocycles. The molecule has 1 fully saturated rings. The number of rotatable bonds is 7. The van der Waals surface area contributed by atoms with Crippen molar-refractivity contribution in [1.29, 1.82) is 0 Å². The number of hydrogen-bond acceptors (Lipinski definition) is 6. The first-order valence-corrected chi connectivity index (χ1v) is 11.9. The molecule has 2 aromatic heterocycles. The van der Waals surface area contributed by atoms with Gasteiger partial charge in [-0.2, -0.15) is 0 Å². The van der Waals surface area contributed by atoms with Crippen molar-refractivity contribution in [3.63, 3.8) is 0 Å². The lowest BCUT2D eigenvalue weighted by Gasteiger charge is -2.13. The van der Waals surface area contributed by atoms with Gasteiger partial charge in [0.1, 0.15) is 12.2 Å². The van der Waals surface area contributed by atoms with E-state index in [-0.39, 0.29) is 23.8 Å². The van der Waals surface area contributed by atoms with Gasteiger partial charge in [-0.3, -0.25) is 23.9 Å². The van der Waals surface area contributed by atoms with Crippen LogP contribution in [0.5, 0.6) is 0 Å². The van der Waals surface area contributed by atoms with Crippen molar-refractivity contribution in [2.75, 3.05) is 24.8 Å². The van der Waals surface area contributed by atoms with E-state index < -0.39 is 12.6 Å². The van der Waals surface area contributed by atoms with Crippen molar-refractivity contribution in [3.05, 3.63) is 69.4 Å². The van der Waals surface area contributed by atoms with E-state index in [1.165, 1.54) is 16.7 Å². The predicted molar refractivity (Wildman–Crippen MR) is 129 cm³/mol. The molecule has 1 amide bonds. The molecule has 4 rings (SSSR count). The van der Waals surface area contributed by atoms with E-state index in [0.717, 1.165) is 17.1 Å². The summed E-state index contributed by atoms with van der Waals surface area (Å²) in [4.78, 5) is 51.5. The molecule has 0 N–H and O–H groups in total. The molecular formula is C24H26N4O5S. The van der Waals surface area contributed by atoms with E-state index >= 15 is 0 Å². The number of esters is 1. The molecule has 3 heterocycles. The Bertz CT molecular complexity index is 1340. The molecule has 1 aliphatic rings. The molecule has 0 unspecified atom stereocenters. The molecule has 1 saturated heterocycles. The van der Waals surface area contributed by atoms with Gasteiger partial charge >= 0.3 is 5.97 Å². The second-order valence-electron chi connectivity index (χ2n) is 8.18. The standard InChI is InChI=1S/C24H26N4O5S/c1-15-10-19(20(29)12-33-22(31)11-26-14-34-13-21(26)30)16(2)27(15)23-17(3)25(4)28(24(23)32)18-8-6-5-7-9-18/h5-10H,11-14H2,1-4H3. The van der Waals surface area contributed by atoms with E-state index in [9.17, 15) is 19.2 Å². The zero-order valence-corrected chi connectivity index (χ0v) is 20.3. The van der Waals surface area contributed by atoms with Crippen molar-refractivity contribution in [2.24, 2.45) is 7.05 Å². The third-order valence-electron chi connectivity index (χ3n) is 5.99. The number of benzene rings is 1. The number of aryl methyl sites for hydroxylation is 1. The van der Waals surface area contributed by atoms with Crippen LogP contribution in [0.3, 0.4) is 0 Å². The third kappa shape index (κ3) is 4.21. The summed E-state index contributed by atoms with van der Waals surface area (Å²) in [6.07, 6.45) is 0. The van der Waals surface area contributed by atoms with Crippen LogP contribution in [-0.4, -0.2) is 61.3 Å². The Hall–Kier alpha value is -3.53. The van der Waals surface area contributed by atoms with E-state index in [0.29, 0.717) is 28.6 Å². The number of Topliss-reactive ketones (excluding diaryl/α,β-unsaturated/α-hetero) is 1. The first-order valence-electron chi connectivity index (χ1n) is 10.8. The minimum atomic E-state index is -0.623. The summed E-state index contributed by atoms with van der Waals surface area (Å²) in [5.41, 5.74) is 3.44. The number of aromatic nitrogens is 3. The first-order chi connectivity index (χ1) is 16.2. The normalized spacial score (nSPS) is 13.5. The van der Waals surface area contributed by atoms with Crippen LogP contribution in [0.1, 0.15) is 27.4 Å². The molecule has 0 radical (unpaired) electrons. The zero-order chi connectivity index (χ0) is 24.6. The molecule has 0 aliphatic carbocycles. The SMILES string of the molecule is Cc1cc(C(=O)COC(=O)CN2CSCC2=O)c(C)n1-c1c(C)n(C)n(-c2ccccc2)c1=O. The summed E-state index contributed by atoms with van der Waals surface area (Å²) < 4.78 is 10.3. The second-order valence-corrected chi connectivity index (χ2v) is 9.14. The Balaban J connectivity index is 1.59. The monoisotopic (exact) mass is 482 g/mol. The average Bonchev–Trinajstić information content (AvgIpc) is 3.41. The molecule has 178 valence electrons. The molecule has 9 nitrogen and oxygen atoms in total. The summed E-state index contributed by atoms with van der Waals surface area (Å²) in [7, 11) is 1.82. The smallest absolute Gasteiger partial charge is 0.326 e. The van der Waals surface area contributed by atoms with Crippen LogP contribution in [0.4, 0.5) is 0 Å². The Labute approximate surface area is 200 Å². The largest absolute Gasteiger partial charge is 0.456 e. The van der Waals surface area contributed by atoms with Crippen molar-refractivity contribution in [2.45, 2.75) is 20.8 Å². The highest BCUT2D eigenvalue weighted by Crippen LogP contribution is 2.23. The quantitative estimate of drug-likeness (QED) is 0.378. The van der Waals surface area contributed by atoms with Crippen molar-refractivity contribution >= 4 is 29.4 Å². The Morgan fingerprint density at radius 3 is 2.41 bits per heavy atom. The maximum absolute atomic E-state index is 13.4. The van der Waals surface area contributed by atoms with Crippen LogP contribution in [-0.2, 0) is 21.4 Å². The van der Waals surface area contributed by atoms with Gasteiger partial charge in [0.05, 0.1) is 23.0 Å². The number of ether oxygens (including phenoxy) is 1. The number of carbonyl (C=O) groups excluding carboxylic acids is 3.